The summed E-state index contributed by atoms with van der Waals surface area (Å²) in [5.41, 5.74) is -2.82. The van der Waals surface area contributed by atoms with Crippen LogP contribution in [-0.2, 0) is 15.7 Å². The summed E-state index contributed by atoms with van der Waals surface area (Å²) in [5.74, 6) is -2.24. The summed E-state index contributed by atoms with van der Waals surface area (Å²) in [7, 11) is 0. The number of ether oxygens (including phenoxy) is 1. The van der Waals surface area contributed by atoms with Crippen molar-refractivity contribution in [2.45, 2.75) is 44.1 Å². The van der Waals surface area contributed by atoms with Crippen LogP contribution in [0.4, 0.5) is 13.2 Å². The molecule has 2 heterocycles. The summed E-state index contributed by atoms with van der Waals surface area (Å²) in [6, 6.07) is 3.14. The second-order valence-electron chi connectivity index (χ2n) is 7.17. The van der Waals surface area contributed by atoms with E-state index in [9.17, 15) is 27.9 Å². The Balaban J connectivity index is 1.96. The average molecular weight is 400 g/mol. The van der Waals surface area contributed by atoms with E-state index in [2.05, 4.69) is 4.90 Å². The van der Waals surface area contributed by atoms with Gasteiger partial charge in [0, 0.05) is 25.9 Å². The quantitative estimate of drug-likeness (QED) is 0.842. The third-order valence-electron chi connectivity index (χ3n) is 5.40. The monoisotopic (exact) mass is 400 g/mol. The topological polar surface area (TPSA) is 70.1 Å². The molecule has 1 N–H and O–H groups in total. The molecule has 0 radical (unpaired) electrons. The lowest BCUT2D eigenvalue weighted by Crippen LogP contribution is -2.58. The molecule has 2 fully saturated rings. The molecule has 28 heavy (non-hydrogen) atoms. The Morgan fingerprint density at radius 1 is 1.25 bits per heavy atom. The van der Waals surface area contributed by atoms with Crippen LogP contribution < -0.4 is 0 Å². The molecule has 2 aliphatic heterocycles. The van der Waals surface area contributed by atoms with Gasteiger partial charge in [0.1, 0.15) is 5.72 Å². The third kappa shape index (κ3) is 3.73. The van der Waals surface area contributed by atoms with Crippen molar-refractivity contribution in [3.05, 3.63) is 35.4 Å². The van der Waals surface area contributed by atoms with Crippen LogP contribution in [-0.4, -0.2) is 64.8 Å². The molecule has 3 rings (SSSR count). The predicted octanol–water partition coefficient (Wildman–Crippen LogP) is 2.83. The van der Waals surface area contributed by atoms with Crippen LogP contribution in [0.3, 0.4) is 0 Å². The molecule has 154 valence electrons. The highest BCUT2D eigenvalue weighted by Crippen LogP contribution is 2.40. The summed E-state index contributed by atoms with van der Waals surface area (Å²) in [4.78, 5) is 28.1. The lowest BCUT2D eigenvalue weighted by Gasteiger charge is -2.44. The zero-order valence-corrected chi connectivity index (χ0v) is 15.5. The third-order valence-corrected chi connectivity index (χ3v) is 5.40. The van der Waals surface area contributed by atoms with Crippen LogP contribution in [0.2, 0.25) is 0 Å². The van der Waals surface area contributed by atoms with E-state index in [0.29, 0.717) is 25.9 Å². The minimum atomic E-state index is -4.72. The predicted molar refractivity (Wildman–Crippen MR) is 93.7 cm³/mol. The number of amides is 1. The highest BCUT2D eigenvalue weighted by molar-refractivity contribution is 5.98. The number of carboxylic acid groups (broad SMARTS) is 1. The van der Waals surface area contributed by atoms with E-state index in [4.69, 9.17) is 4.74 Å². The smallest absolute Gasteiger partial charge is 0.417 e. The number of nitrogens with zero attached hydrogens (tertiary/aromatic N) is 2. The van der Waals surface area contributed by atoms with Gasteiger partial charge in [-0.25, -0.2) is 4.79 Å². The fraction of sp³-hybridized carbons (Fsp3) is 0.579. The standard InChI is InChI=1S/C19H23F3N2O4/c1-2-9-23-10-7-18(8-11-23)24(15(12-28-18)17(26)27)16(25)13-5-3-4-6-14(13)19(20,21)22/h3-6,15H,2,7-12H2,1H3,(H,26,27)/t15-/m1/s1. The number of benzene rings is 1. The molecule has 0 unspecified atom stereocenters. The Morgan fingerprint density at radius 2 is 1.89 bits per heavy atom. The molecule has 6 nitrogen and oxygen atoms in total. The lowest BCUT2D eigenvalue weighted by molar-refractivity contribution is -0.144. The largest absolute Gasteiger partial charge is 0.480 e. The van der Waals surface area contributed by atoms with Crippen molar-refractivity contribution in [2.75, 3.05) is 26.2 Å². The van der Waals surface area contributed by atoms with Crippen LogP contribution in [0.1, 0.15) is 42.1 Å². The molecule has 1 amide bonds. The highest BCUT2D eigenvalue weighted by atomic mass is 19.4. The number of rotatable bonds is 4. The normalized spacial score (nSPS) is 22.6. The van der Waals surface area contributed by atoms with E-state index < -0.39 is 40.9 Å². The maximum absolute atomic E-state index is 13.4. The Bertz CT molecular complexity index is 745. The fourth-order valence-electron chi connectivity index (χ4n) is 4.04. The van der Waals surface area contributed by atoms with Crippen molar-refractivity contribution in [3.63, 3.8) is 0 Å². The number of piperidine rings is 1. The van der Waals surface area contributed by atoms with Crippen LogP contribution in [0, 0.1) is 0 Å². The van der Waals surface area contributed by atoms with Crippen molar-refractivity contribution < 1.29 is 32.6 Å². The number of hydrogen-bond acceptors (Lipinski definition) is 4. The molecule has 1 spiro atoms. The van der Waals surface area contributed by atoms with Crippen LogP contribution in [0.15, 0.2) is 24.3 Å². The summed E-state index contributed by atoms with van der Waals surface area (Å²) in [6.07, 6.45) is -3.05. The van der Waals surface area contributed by atoms with Gasteiger partial charge in [0.05, 0.1) is 17.7 Å². The number of likely N-dealkylation sites (tertiary alicyclic amines) is 1. The molecule has 1 aromatic carbocycles. The van der Waals surface area contributed by atoms with Crippen LogP contribution >= 0.6 is 0 Å². The van der Waals surface area contributed by atoms with Gasteiger partial charge >= 0.3 is 12.1 Å². The van der Waals surface area contributed by atoms with Gasteiger partial charge in [-0.2, -0.15) is 13.2 Å². The van der Waals surface area contributed by atoms with E-state index in [0.717, 1.165) is 30.0 Å². The molecule has 9 heteroatoms. The van der Waals surface area contributed by atoms with Crippen LogP contribution in [0.25, 0.3) is 0 Å². The summed E-state index contributed by atoms with van der Waals surface area (Å²) < 4.78 is 46.0. The van der Waals surface area contributed by atoms with E-state index in [1.54, 1.807) is 0 Å². The fourth-order valence-corrected chi connectivity index (χ4v) is 4.04. The minimum absolute atomic E-state index is 0.233. The number of carbonyl (C=O) groups is 2. The molecule has 2 saturated heterocycles. The first-order valence-corrected chi connectivity index (χ1v) is 9.28. The van der Waals surface area contributed by atoms with Crippen molar-refractivity contribution in [1.82, 2.24) is 9.80 Å². The summed E-state index contributed by atoms with van der Waals surface area (Å²) >= 11 is 0. The Hall–Kier alpha value is -2.13. The number of hydrogen-bond donors (Lipinski definition) is 1. The summed E-state index contributed by atoms with van der Waals surface area (Å²) in [5, 5.41) is 9.55. The molecular formula is C19H23F3N2O4. The molecule has 0 bridgehead atoms. The molecule has 1 aromatic rings. The molecule has 0 saturated carbocycles. The van der Waals surface area contributed by atoms with Gasteiger partial charge in [-0.3, -0.25) is 9.69 Å². The Kier molecular flexibility index (Phi) is 5.67. The average Bonchev–Trinajstić information content (AvgIpc) is 3.02. The highest BCUT2D eigenvalue weighted by Gasteiger charge is 2.54. The van der Waals surface area contributed by atoms with Gasteiger partial charge in [0.2, 0.25) is 0 Å². The van der Waals surface area contributed by atoms with Gasteiger partial charge in [0.15, 0.2) is 6.04 Å². The molecular weight excluding hydrogens is 377 g/mol. The molecule has 1 atom stereocenters. The summed E-state index contributed by atoms with van der Waals surface area (Å²) in [6.45, 7) is 3.85. The SMILES string of the molecule is CCCN1CCC2(CC1)OC[C@H](C(=O)O)N2C(=O)c1ccccc1C(F)(F)F. The Labute approximate surface area is 160 Å². The maximum atomic E-state index is 13.4. The lowest BCUT2D eigenvalue weighted by atomic mass is 9.95. The van der Waals surface area contributed by atoms with Crippen molar-refractivity contribution >= 4 is 11.9 Å². The minimum Gasteiger partial charge on any atom is -0.480 e. The number of halogens is 3. The number of aliphatic carboxylic acids is 1. The first-order chi connectivity index (χ1) is 13.2. The van der Waals surface area contributed by atoms with Gasteiger partial charge in [-0.1, -0.05) is 19.1 Å². The first kappa shape index (κ1) is 20.6. The Morgan fingerprint density at radius 3 is 2.46 bits per heavy atom. The van der Waals surface area contributed by atoms with Crippen molar-refractivity contribution in [1.29, 1.82) is 0 Å². The molecule has 0 aromatic heterocycles. The number of carboxylic acids is 1. The zero-order valence-electron chi connectivity index (χ0n) is 15.5. The van der Waals surface area contributed by atoms with Gasteiger partial charge < -0.3 is 14.7 Å². The number of alkyl halides is 3. The van der Waals surface area contributed by atoms with Crippen molar-refractivity contribution in [3.8, 4) is 0 Å². The zero-order chi connectivity index (χ0) is 20.5. The van der Waals surface area contributed by atoms with Crippen molar-refractivity contribution in [2.24, 2.45) is 0 Å². The maximum Gasteiger partial charge on any atom is 0.417 e. The van der Waals surface area contributed by atoms with E-state index in [-0.39, 0.29) is 6.61 Å². The van der Waals surface area contributed by atoms with E-state index in [1.165, 1.54) is 12.1 Å². The van der Waals surface area contributed by atoms with E-state index in [1.807, 2.05) is 6.92 Å². The van der Waals surface area contributed by atoms with Gasteiger partial charge in [-0.15, -0.1) is 0 Å². The number of carbonyl (C=O) groups excluding carboxylic acids is 1. The van der Waals surface area contributed by atoms with Gasteiger partial charge in [-0.05, 0) is 25.1 Å². The van der Waals surface area contributed by atoms with Gasteiger partial charge in [0.25, 0.3) is 5.91 Å². The second-order valence-corrected chi connectivity index (χ2v) is 7.17. The first-order valence-electron chi connectivity index (χ1n) is 9.28. The van der Waals surface area contributed by atoms with E-state index >= 15 is 0 Å². The van der Waals surface area contributed by atoms with Crippen LogP contribution in [0.5, 0.6) is 0 Å². The second kappa shape index (κ2) is 7.71. The molecule has 2 aliphatic rings. The molecule has 0 aliphatic carbocycles.